The minimum Gasteiger partial charge on any atom is -0.369 e. The Kier molecular flexibility index (Phi) is 2.86. The molecule has 0 unspecified atom stereocenters. The average Bonchev–Trinajstić information content (AvgIpc) is 1.84. The maximum absolute atomic E-state index is 10.6. The summed E-state index contributed by atoms with van der Waals surface area (Å²) in [7, 11) is 0. The summed E-state index contributed by atoms with van der Waals surface area (Å²) >= 11 is 0. The molecule has 2 amide bonds. The standard InChI is InChI=1S/C6H12N2O2/c1-6(2,5(7)10)3-8-4-9/h4H,3H2,1-2H3,(H2,7,10)(H,8,9). The molecule has 0 rings (SSSR count). The van der Waals surface area contributed by atoms with Crippen molar-refractivity contribution in [2.75, 3.05) is 6.54 Å². The van der Waals surface area contributed by atoms with Crippen LogP contribution in [0.1, 0.15) is 13.8 Å². The zero-order chi connectivity index (χ0) is 8.20. The number of amides is 2. The lowest BCUT2D eigenvalue weighted by atomic mass is 9.93. The second-order valence-electron chi connectivity index (χ2n) is 2.75. The Hall–Kier alpha value is -1.06. The van der Waals surface area contributed by atoms with Crippen LogP contribution >= 0.6 is 0 Å². The third kappa shape index (κ3) is 2.48. The van der Waals surface area contributed by atoms with E-state index in [0.29, 0.717) is 6.41 Å². The van der Waals surface area contributed by atoms with E-state index in [1.807, 2.05) is 0 Å². The summed E-state index contributed by atoms with van der Waals surface area (Å²) < 4.78 is 0. The molecule has 0 bridgehead atoms. The van der Waals surface area contributed by atoms with Crippen LogP contribution in [-0.2, 0) is 9.59 Å². The Morgan fingerprint density at radius 1 is 1.70 bits per heavy atom. The molecule has 0 radical (unpaired) electrons. The lowest BCUT2D eigenvalue weighted by Crippen LogP contribution is -2.39. The zero-order valence-electron chi connectivity index (χ0n) is 6.18. The number of carbonyl (C=O) groups excluding carboxylic acids is 2. The van der Waals surface area contributed by atoms with Crippen molar-refractivity contribution in [1.82, 2.24) is 5.32 Å². The molecular formula is C6H12N2O2. The molecule has 0 spiro atoms. The van der Waals surface area contributed by atoms with Crippen LogP contribution in [0.3, 0.4) is 0 Å². The first-order valence-corrected chi connectivity index (χ1v) is 2.97. The highest BCUT2D eigenvalue weighted by atomic mass is 16.1. The number of nitrogens with one attached hydrogen (secondary N) is 1. The van der Waals surface area contributed by atoms with E-state index >= 15 is 0 Å². The summed E-state index contributed by atoms with van der Waals surface area (Å²) in [6.45, 7) is 3.63. The molecule has 0 fully saturated rings. The van der Waals surface area contributed by atoms with E-state index < -0.39 is 11.3 Å². The van der Waals surface area contributed by atoms with Crippen LogP contribution in [0.2, 0.25) is 0 Å². The van der Waals surface area contributed by atoms with Gasteiger partial charge in [0, 0.05) is 6.54 Å². The maximum Gasteiger partial charge on any atom is 0.224 e. The van der Waals surface area contributed by atoms with Crippen molar-refractivity contribution < 1.29 is 9.59 Å². The lowest BCUT2D eigenvalue weighted by molar-refractivity contribution is -0.126. The molecule has 0 atom stereocenters. The molecule has 58 valence electrons. The van der Waals surface area contributed by atoms with Gasteiger partial charge >= 0.3 is 0 Å². The predicted octanol–water partition coefficient (Wildman–Crippen LogP) is -0.756. The van der Waals surface area contributed by atoms with E-state index in [4.69, 9.17) is 5.73 Å². The van der Waals surface area contributed by atoms with Crippen LogP contribution in [0.15, 0.2) is 0 Å². The summed E-state index contributed by atoms with van der Waals surface area (Å²) in [5.41, 5.74) is 4.36. The summed E-state index contributed by atoms with van der Waals surface area (Å²) in [6, 6.07) is 0. The monoisotopic (exact) mass is 144 g/mol. The third-order valence-corrected chi connectivity index (χ3v) is 1.29. The van der Waals surface area contributed by atoms with Crippen molar-refractivity contribution >= 4 is 12.3 Å². The van der Waals surface area contributed by atoms with Gasteiger partial charge in [0.2, 0.25) is 12.3 Å². The maximum atomic E-state index is 10.6. The minimum atomic E-state index is -0.652. The average molecular weight is 144 g/mol. The molecule has 0 heterocycles. The number of nitrogens with two attached hydrogens (primary N) is 1. The molecule has 0 saturated carbocycles. The fourth-order valence-electron chi connectivity index (χ4n) is 0.384. The number of hydrogen-bond donors (Lipinski definition) is 2. The van der Waals surface area contributed by atoms with Crippen LogP contribution in [0.5, 0.6) is 0 Å². The number of primary amides is 1. The fraction of sp³-hybridized carbons (Fsp3) is 0.667. The second kappa shape index (κ2) is 3.20. The van der Waals surface area contributed by atoms with Crippen molar-refractivity contribution in [2.45, 2.75) is 13.8 Å². The Morgan fingerprint density at radius 3 is 2.50 bits per heavy atom. The molecule has 0 aliphatic heterocycles. The molecule has 0 aliphatic carbocycles. The van der Waals surface area contributed by atoms with E-state index in [1.54, 1.807) is 13.8 Å². The number of rotatable bonds is 4. The highest BCUT2D eigenvalue weighted by Gasteiger charge is 2.23. The van der Waals surface area contributed by atoms with Gasteiger partial charge in [-0.15, -0.1) is 0 Å². The van der Waals surface area contributed by atoms with Crippen molar-refractivity contribution in [3.63, 3.8) is 0 Å². The van der Waals surface area contributed by atoms with E-state index in [2.05, 4.69) is 5.32 Å². The highest BCUT2D eigenvalue weighted by molar-refractivity contribution is 5.80. The predicted molar refractivity (Wildman–Crippen MR) is 37.0 cm³/mol. The highest BCUT2D eigenvalue weighted by Crippen LogP contribution is 2.10. The Bertz CT molecular complexity index is 143. The molecule has 4 nitrogen and oxygen atoms in total. The Morgan fingerprint density at radius 2 is 2.20 bits per heavy atom. The summed E-state index contributed by atoms with van der Waals surface area (Å²) in [5.74, 6) is -0.415. The molecule has 0 aliphatic rings. The molecule has 0 aromatic carbocycles. The zero-order valence-corrected chi connectivity index (χ0v) is 6.18. The summed E-state index contributed by atoms with van der Waals surface area (Å²) in [5, 5.41) is 2.39. The van der Waals surface area contributed by atoms with Gasteiger partial charge in [0.05, 0.1) is 5.41 Å². The Labute approximate surface area is 59.8 Å². The van der Waals surface area contributed by atoms with E-state index in [1.165, 1.54) is 0 Å². The smallest absolute Gasteiger partial charge is 0.224 e. The normalized spacial score (nSPS) is 10.6. The van der Waals surface area contributed by atoms with E-state index in [9.17, 15) is 9.59 Å². The van der Waals surface area contributed by atoms with Crippen LogP contribution in [-0.4, -0.2) is 18.9 Å². The van der Waals surface area contributed by atoms with Crippen LogP contribution in [0.4, 0.5) is 0 Å². The number of hydrogen-bond acceptors (Lipinski definition) is 2. The first kappa shape index (κ1) is 8.94. The van der Waals surface area contributed by atoms with Crippen molar-refractivity contribution in [2.24, 2.45) is 11.1 Å². The van der Waals surface area contributed by atoms with E-state index in [-0.39, 0.29) is 6.54 Å². The minimum absolute atomic E-state index is 0.284. The van der Waals surface area contributed by atoms with Gasteiger partial charge in [-0.3, -0.25) is 9.59 Å². The van der Waals surface area contributed by atoms with Crippen molar-refractivity contribution in [3.8, 4) is 0 Å². The van der Waals surface area contributed by atoms with Crippen LogP contribution < -0.4 is 11.1 Å². The first-order valence-electron chi connectivity index (χ1n) is 2.97. The topological polar surface area (TPSA) is 72.2 Å². The quantitative estimate of drug-likeness (QED) is 0.509. The molecule has 0 aromatic heterocycles. The Balaban J connectivity index is 3.86. The molecule has 4 heteroatoms. The van der Waals surface area contributed by atoms with Crippen molar-refractivity contribution in [1.29, 1.82) is 0 Å². The van der Waals surface area contributed by atoms with Gasteiger partial charge in [0.25, 0.3) is 0 Å². The van der Waals surface area contributed by atoms with Gasteiger partial charge in [-0.2, -0.15) is 0 Å². The van der Waals surface area contributed by atoms with E-state index in [0.717, 1.165) is 0 Å². The molecule has 3 N–H and O–H groups in total. The first-order chi connectivity index (χ1) is 4.50. The largest absolute Gasteiger partial charge is 0.369 e. The summed E-state index contributed by atoms with van der Waals surface area (Å²) in [4.78, 5) is 20.4. The van der Waals surface area contributed by atoms with Crippen LogP contribution in [0.25, 0.3) is 0 Å². The molecule has 10 heavy (non-hydrogen) atoms. The third-order valence-electron chi connectivity index (χ3n) is 1.29. The molecule has 0 aromatic rings. The van der Waals surface area contributed by atoms with Gasteiger partial charge in [0.15, 0.2) is 0 Å². The van der Waals surface area contributed by atoms with Gasteiger partial charge < -0.3 is 11.1 Å². The van der Waals surface area contributed by atoms with Crippen LogP contribution in [0, 0.1) is 5.41 Å². The fourth-order valence-corrected chi connectivity index (χ4v) is 0.384. The second-order valence-corrected chi connectivity index (χ2v) is 2.75. The van der Waals surface area contributed by atoms with Gasteiger partial charge in [0.1, 0.15) is 0 Å². The molecular weight excluding hydrogens is 132 g/mol. The molecule has 0 saturated heterocycles. The van der Waals surface area contributed by atoms with Gasteiger partial charge in [-0.05, 0) is 13.8 Å². The lowest BCUT2D eigenvalue weighted by Gasteiger charge is -2.18. The summed E-state index contributed by atoms with van der Waals surface area (Å²) in [6.07, 6.45) is 0.546. The van der Waals surface area contributed by atoms with Crippen molar-refractivity contribution in [3.05, 3.63) is 0 Å². The van der Waals surface area contributed by atoms with Gasteiger partial charge in [-0.25, -0.2) is 0 Å². The van der Waals surface area contributed by atoms with Gasteiger partial charge in [-0.1, -0.05) is 0 Å². The number of carbonyl (C=O) groups is 2. The SMILES string of the molecule is CC(C)(CNC=O)C(N)=O.